The molecule has 5 rings (SSSR count). The first-order valence-electron chi connectivity index (χ1n) is 11.6. The summed E-state index contributed by atoms with van der Waals surface area (Å²) in [6.07, 6.45) is 0. The van der Waals surface area contributed by atoms with Crippen LogP contribution in [0.1, 0.15) is 28.2 Å². The second-order valence-electron chi connectivity index (χ2n) is 8.68. The molecule has 174 valence electrons. The summed E-state index contributed by atoms with van der Waals surface area (Å²) >= 11 is 0. The van der Waals surface area contributed by atoms with E-state index in [0.717, 1.165) is 16.7 Å². The first kappa shape index (κ1) is 22.4. The molecule has 4 aromatic rings. The van der Waals surface area contributed by atoms with E-state index in [1.807, 2.05) is 104 Å². The van der Waals surface area contributed by atoms with Crippen LogP contribution in [0, 0.1) is 6.92 Å². The first-order valence-corrected chi connectivity index (χ1v) is 11.6. The van der Waals surface area contributed by atoms with Crippen molar-refractivity contribution in [2.75, 3.05) is 16.8 Å². The molecule has 0 bridgehead atoms. The fraction of sp³-hybridized carbons (Fsp3) is 0.133. The number of aryl methyl sites for hydroxylation is 1. The standard InChI is InChI=1S/C30H26N2O3/c1-21-12-14-22(15-13-21)19-32-26-18-25(16-17-27(26)35-20-28(32)33)31-30(34)29(23-8-4-2-5-9-23)24-10-6-3-7-11-24/h2-18,29H,19-20H2,1H3,(H,31,34). The fourth-order valence-electron chi connectivity index (χ4n) is 4.33. The maximum Gasteiger partial charge on any atom is 0.265 e. The van der Waals surface area contributed by atoms with Crippen molar-refractivity contribution in [2.45, 2.75) is 19.4 Å². The van der Waals surface area contributed by atoms with E-state index in [9.17, 15) is 9.59 Å². The lowest BCUT2D eigenvalue weighted by atomic mass is 9.90. The highest BCUT2D eigenvalue weighted by atomic mass is 16.5. The van der Waals surface area contributed by atoms with Crippen molar-refractivity contribution in [3.8, 4) is 5.75 Å². The van der Waals surface area contributed by atoms with Gasteiger partial charge in [0.05, 0.1) is 18.2 Å². The SMILES string of the molecule is Cc1ccc(CN2C(=O)COc3ccc(NC(=O)C(c4ccccc4)c4ccccc4)cc32)cc1. The maximum absolute atomic E-state index is 13.5. The van der Waals surface area contributed by atoms with Gasteiger partial charge < -0.3 is 15.0 Å². The van der Waals surface area contributed by atoms with Crippen LogP contribution in [0.15, 0.2) is 103 Å². The zero-order chi connectivity index (χ0) is 24.2. The molecule has 0 saturated carbocycles. The Morgan fingerprint density at radius 1 is 0.886 bits per heavy atom. The van der Waals surface area contributed by atoms with Crippen molar-refractivity contribution in [2.24, 2.45) is 0 Å². The second kappa shape index (κ2) is 9.85. The number of nitrogens with zero attached hydrogens (tertiary/aromatic N) is 1. The Labute approximate surface area is 205 Å². The number of hydrogen-bond donors (Lipinski definition) is 1. The molecule has 0 fully saturated rings. The Bertz CT molecular complexity index is 1300. The van der Waals surface area contributed by atoms with Crippen LogP contribution in [0.5, 0.6) is 5.75 Å². The molecule has 0 atom stereocenters. The minimum Gasteiger partial charge on any atom is -0.482 e. The highest BCUT2D eigenvalue weighted by Gasteiger charge is 2.27. The quantitative estimate of drug-likeness (QED) is 0.400. The van der Waals surface area contributed by atoms with E-state index in [1.165, 1.54) is 5.56 Å². The van der Waals surface area contributed by atoms with Crippen molar-refractivity contribution in [3.63, 3.8) is 0 Å². The van der Waals surface area contributed by atoms with Gasteiger partial charge in [-0.3, -0.25) is 9.59 Å². The van der Waals surface area contributed by atoms with Crippen LogP contribution >= 0.6 is 0 Å². The zero-order valence-electron chi connectivity index (χ0n) is 19.5. The summed E-state index contributed by atoms with van der Waals surface area (Å²) in [6, 6.07) is 33.0. The summed E-state index contributed by atoms with van der Waals surface area (Å²) in [5.74, 6) is -0.101. The molecule has 0 unspecified atom stereocenters. The summed E-state index contributed by atoms with van der Waals surface area (Å²) in [5.41, 5.74) is 5.27. The van der Waals surface area contributed by atoms with E-state index in [4.69, 9.17) is 4.74 Å². The molecule has 0 spiro atoms. The van der Waals surface area contributed by atoms with Crippen LogP contribution in [0.25, 0.3) is 0 Å². The largest absolute Gasteiger partial charge is 0.482 e. The predicted octanol–water partition coefficient (Wildman–Crippen LogP) is 5.69. The number of carbonyl (C=O) groups is 2. The minimum atomic E-state index is -0.463. The van der Waals surface area contributed by atoms with Gasteiger partial charge in [-0.15, -0.1) is 0 Å². The van der Waals surface area contributed by atoms with Gasteiger partial charge >= 0.3 is 0 Å². The Morgan fingerprint density at radius 3 is 2.14 bits per heavy atom. The lowest BCUT2D eigenvalue weighted by Crippen LogP contribution is -2.38. The topological polar surface area (TPSA) is 58.6 Å². The number of rotatable bonds is 6. The molecule has 0 radical (unpaired) electrons. The Hall–Kier alpha value is -4.38. The van der Waals surface area contributed by atoms with Crippen molar-refractivity contribution in [1.29, 1.82) is 0 Å². The van der Waals surface area contributed by atoms with Gasteiger partial charge in [0.2, 0.25) is 5.91 Å². The predicted molar refractivity (Wildman–Crippen MR) is 138 cm³/mol. The van der Waals surface area contributed by atoms with Crippen molar-refractivity contribution in [1.82, 2.24) is 0 Å². The molecule has 4 aromatic carbocycles. The molecule has 5 heteroatoms. The molecule has 0 aliphatic carbocycles. The monoisotopic (exact) mass is 462 g/mol. The smallest absolute Gasteiger partial charge is 0.265 e. The summed E-state index contributed by atoms with van der Waals surface area (Å²) in [6.45, 7) is 2.46. The van der Waals surface area contributed by atoms with Crippen LogP contribution < -0.4 is 15.0 Å². The number of benzene rings is 4. The summed E-state index contributed by atoms with van der Waals surface area (Å²) < 4.78 is 5.66. The highest BCUT2D eigenvalue weighted by Crippen LogP contribution is 2.36. The van der Waals surface area contributed by atoms with E-state index < -0.39 is 5.92 Å². The van der Waals surface area contributed by atoms with Gasteiger partial charge in [0.15, 0.2) is 6.61 Å². The third-order valence-electron chi connectivity index (χ3n) is 6.16. The Kier molecular flexibility index (Phi) is 6.31. The summed E-state index contributed by atoms with van der Waals surface area (Å²) in [7, 11) is 0. The number of anilines is 2. The molecule has 2 amide bonds. The highest BCUT2D eigenvalue weighted by molar-refractivity contribution is 6.01. The maximum atomic E-state index is 13.5. The number of carbonyl (C=O) groups excluding carboxylic acids is 2. The molecule has 1 heterocycles. The summed E-state index contributed by atoms with van der Waals surface area (Å²) in [4.78, 5) is 28.0. The fourth-order valence-corrected chi connectivity index (χ4v) is 4.33. The molecule has 5 nitrogen and oxygen atoms in total. The van der Waals surface area contributed by atoms with Gasteiger partial charge in [-0.2, -0.15) is 0 Å². The third kappa shape index (κ3) is 4.94. The number of amides is 2. The van der Waals surface area contributed by atoms with Crippen molar-refractivity contribution >= 4 is 23.2 Å². The van der Waals surface area contributed by atoms with Crippen molar-refractivity contribution < 1.29 is 14.3 Å². The van der Waals surface area contributed by atoms with E-state index in [1.54, 1.807) is 11.0 Å². The molecule has 1 N–H and O–H groups in total. The molecular formula is C30H26N2O3. The van der Waals surface area contributed by atoms with Gasteiger partial charge in [0, 0.05) is 5.69 Å². The molecule has 1 aliphatic rings. The van der Waals surface area contributed by atoms with Crippen LogP contribution in [-0.4, -0.2) is 18.4 Å². The molecular weight excluding hydrogens is 436 g/mol. The third-order valence-corrected chi connectivity index (χ3v) is 6.16. The normalized spacial score (nSPS) is 12.7. The first-order chi connectivity index (χ1) is 17.1. The number of nitrogens with one attached hydrogen (secondary N) is 1. The van der Waals surface area contributed by atoms with Gasteiger partial charge in [0.25, 0.3) is 5.91 Å². The van der Waals surface area contributed by atoms with Crippen LogP contribution in [-0.2, 0) is 16.1 Å². The number of fused-ring (bicyclic) bond motifs is 1. The molecule has 0 saturated heterocycles. The van der Waals surface area contributed by atoms with E-state index in [-0.39, 0.29) is 18.4 Å². The Morgan fingerprint density at radius 2 is 1.51 bits per heavy atom. The molecule has 1 aliphatic heterocycles. The van der Waals surface area contributed by atoms with Crippen molar-refractivity contribution in [3.05, 3.63) is 125 Å². The van der Waals surface area contributed by atoms with Gasteiger partial charge in [-0.1, -0.05) is 90.5 Å². The Balaban J connectivity index is 1.44. The van der Waals surface area contributed by atoms with Crippen LogP contribution in [0.2, 0.25) is 0 Å². The average molecular weight is 463 g/mol. The van der Waals surface area contributed by atoms with E-state index in [2.05, 4.69) is 5.32 Å². The van der Waals surface area contributed by atoms with Crippen LogP contribution in [0.4, 0.5) is 11.4 Å². The lowest BCUT2D eigenvalue weighted by molar-refractivity contribution is -0.121. The second-order valence-corrected chi connectivity index (χ2v) is 8.68. The van der Waals surface area contributed by atoms with Gasteiger partial charge in [-0.05, 0) is 41.8 Å². The number of ether oxygens (including phenoxy) is 1. The van der Waals surface area contributed by atoms with E-state index >= 15 is 0 Å². The minimum absolute atomic E-state index is 0.00530. The zero-order valence-corrected chi connectivity index (χ0v) is 19.5. The average Bonchev–Trinajstić information content (AvgIpc) is 2.88. The number of hydrogen-bond acceptors (Lipinski definition) is 3. The lowest BCUT2D eigenvalue weighted by Gasteiger charge is -2.30. The molecule has 0 aromatic heterocycles. The van der Waals surface area contributed by atoms with Crippen LogP contribution in [0.3, 0.4) is 0 Å². The van der Waals surface area contributed by atoms with Gasteiger partial charge in [0.1, 0.15) is 5.75 Å². The van der Waals surface area contributed by atoms with Gasteiger partial charge in [-0.25, -0.2) is 0 Å². The van der Waals surface area contributed by atoms with E-state index in [0.29, 0.717) is 23.7 Å². The molecule has 35 heavy (non-hydrogen) atoms. The summed E-state index contributed by atoms with van der Waals surface area (Å²) in [5, 5.41) is 3.06.